The third kappa shape index (κ3) is 2.97. The number of halogens is 1. The highest BCUT2D eigenvalue weighted by Gasteiger charge is 2.06. The van der Waals surface area contributed by atoms with E-state index in [1.165, 1.54) is 0 Å². The molecule has 4 nitrogen and oxygen atoms in total. The Kier molecular flexibility index (Phi) is 3.79. The zero-order valence-corrected chi connectivity index (χ0v) is 11.0. The van der Waals surface area contributed by atoms with Crippen LogP contribution in [0.1, 0.15) is 17.1 Å². The number of benzene rings is 1. The summed E-state index contributed by atoms with van der Waals surface area (Å²) < 4.78 is 5.65. The molecular weight excluding hydrogens is 250 g/mol. The Morgan fingerprint density at radius 2 is 2.00 bits per heavy atom. The third-order valence-electron chi connectivity index (χ3n) is 2.39. The molecule has 18 heavy (non-hydrogen) atoms. The second-order valence-electron chi connectivity index (χ2n) is 3.97. The topological polar surface area (TPSA) is 61.0 Å². The summed E-state index contributed by atoms with van der Waals surface area (Å²) in [4.78, 5) is 8.38. The van der Waals surface area contributed by atoms with E-state index in [1.54, 1.807) is 18.2 Å². The summed E-state index contributed by atoms with van der Waals surface area (Å²) in [6.45, 7) is 4.16. The van der Waals surface area contributed by atoms with Crippen LogP contribution in [0.3, 0.4) is 0 Å². The van der Waals surface area contributed by atoms with E-state index in [9.17, 15) is 0 Å². The lowest BCUT2D eigenvalue weighted by molar-refractivity contribution is 0.459. The Morgan fingerprint density at radius 3 is 2.61 bits per heavy atom. The molecule has 2 aromatic rings. The maximum absolute atomic E-state index is 6.11. The van der Waals surface area contributed by atoms with Gasteiger partial charge in [0.25, 0.3) is 0 Å². The Balaban J connectivity index is 2.28. The smallest absolute Gasteiger partial charge is 0.222 e. The van der Waals surface area contributed by atoms with E-state index in [0.717, 1.165) is 11.3 Å². The third-order valence-corrected chi connectivity index (χ3v) is 2.68. The first-order valence-electron chi connectivity index (χ1n) is 5.57. The number of ether oxygens (including phenoxy) is 1. The molecule has 94 valence electrons. The van der Waals surface area contributed by atoms with Gasteiger partial charge in [-0.05, 0) is 31.5 Å². The number of hydrogen-bond acceptors (Lipinski definition) is 4. The normalized spacial score (nSPS) is 10.4. The van der Waals surface area contributed by atoms with Crippen molar-refractivity contribution >= 4 is 11.6 Å². The van der Waals surface area contributed by atoms with Crippen molar-refractivity contribution < 1.29 is 4.74 Å². The van der Waals surface area contributed by atoms with Crippen LogP contribution in [0, 0.1) is 13.8 Å². The Hall–Kier alpha value is -1.65. The van der Waals surface area contributed by atoms with Crippen molar-refractivity contribution in [1.29, 1.82) is 0 Å². The van der Waals surface area contributed by atoms with E-state index in [2.05, 4.69) is 9.97 Å². The molecule has 0 bridgehead atoms. The largest absolute Gasteiger partial charge is 0.437 e. The molecule has 2 rings (SSSR count). The average molecular weight is 264 g/mol. The summed E-state index contributed by atoms with van der Waals surface area (Å²) in [5.41, 5.74) is 7.36. The summed E-state index contributed by atoms with van der Waals surface area (Å²) in [5.74, 6) is 1.72. The Morgan fingerprint density at radius 1 is 1.22 bits per heavy atom. The first kappa shape index (κ1) is 12.8. The lowest BCUT2D eigenvalue weighted by atomic mass is 10.2. The second kappa shape index (κ2) is 5.33. The van der Waals surface area contributed by atoms with E-state index in [0.29, 0.717) is 29.0 Å². The summed E-state index contributed by atoms with van der Waals surface area (Å²) in [7, 11) is 0. The van der Waals surface area contributed by atoms with E-state index in [1.807, 2.05) is 19.9 Å². The van der Waals surface area contributed by atoms with Crippen LogP contribution in [0.4, 0.5) is 0 Å². The van der Waals surface area contributed by atoms with Crippen molar-refractivity contribution in [3.8, 4) is 11.6 Å². The summed E-state index contributed by atoms with van der Waals surface area (Å²) in [5, 5.41) is 0.520. The van der Waals surface area contributed by atoms with Gasteiger partial charge in [-0.2, -0.15) is 4.98 Å². The molecule has 0 aliphatic heterocycles. The minimum atomic E-state index is 0.450. The quantitative estimate of drug-likeness (QED) is 0.925. The molecular formula is C13H14ClN3O. The molecule has 1 heterocycles. The molecule has 1 aromatic heterocycles. The summed E-state index contributed by atoms with van der Waals surface area (Å²) >= 11 is 6.11. The van der Waals surface area contributed by atoms with Crippen molar-refractivity contribution in [2.75, 3.05) is 0 Å². The van der Waals surface area contributed by atoms with Gasteiger partial charge in [-0.25, -0.2) is 4.98 Å². The predicted molar refractivity (Wildman–Crippen MR) is 70.9 cm³/mol. The van der Waals surface area contributed by atoms with Crippen molar-refractivity contribution in [2.45, 2.75) is 20.4 Å². The van der Waals surface area contributed by atoms with Gasteiger partial charge < -0.3 is 10.5 Å². The highest BCUT2D eigenvalue weighted by Crippen LogP contribution is 2.29. The van der Waals surface area contributed by atoms with Crippen molar-refractivity contribution in [3.05, 3.63) is 46.4 Å². The molecule has 1 aromatic carbocycles. The fourth-order valence-corrected chi connectivity index (χ4v) is 1.84. The molecule has 0 fully saturated rings. The van der Waals surface area contributed by atoms with Crippen molar-refractivity contribution in [1.82, 2.24) is 9.97 Å². The van der Waals surface area contributed by atoms with Crippen LogP contribution in [-0.4, -0.2) is 9.97 Å². The zero-order valence-electron chi connectivity index (χ0n) is 10.3. The van der Waals surface area contributed by atoms with Gasteiger partial charge in [-0.1, -0.05) is 17.7 Å². The van der Waals surface area contributed by atoms with Crippen molar-refractivity contribution in [3.63, 3.8) is 0 Å². The standard InChI is InChI=1S/C13H14ClN3O/c1-8-5-13(17-9(2)16-8)18-12-4-3-10(7-15)6-11(12)14/h3-6H,7,15H2,1-2H3. The number of hydrogen-bond donors (Lipinski definition) is 1. The first-order chi connectivity index (χ1) is 8.58. The summed E-state index contributed by atoms with van der Waals surface area (Å²) in [6.07, 6.45) is 0. The minimum absolute atomic E-state index is 0.450. The monoisotopic (exact) mass is 263 g/mol. The molecule has 2 N–H and O–H groups in total. The summed E-state index contributed by atoms with van der Waals surface area (Å²) in [6, 6.07) is 7.22. The second-order valence-corrected chi connectivity index (χ2v) is 4.37. The fourth-order valence-electron chi connectivity index (χ4n) is 1.60. The van der Waals surface area contributed by atoms with Gasteiger partial charge in [-0.15, -0.1) is 0 Å². The zero-order chi connectivity index (χ0) is 13.1. The number of nitrogens with zero attached hydrogens (tertiary/aromatic N) is 2. The predicted octanol–water partition coefficient (Wildman–Crippen LogP) is 3.00. The van der Waals surface area contributed by atoms with E-state index in [4.69, 9.17) is 22.1 Å². The Labute approximate surface area is 111 Å². The molecule has 0 radical (unpaired) electrons. The van der Waals surface area contributed by atoms with Crippen LogP contribution >= 0.6 is 11.6 Å². The van der Waals surface area contributed by atoms with Gasteiger partial charge >= 0.3 is 0 Å². The van der Waals surface area contributed by atoms with Crippen LogP contribution in [0.15, 0.2) is 24.3 Å². The lowest BCUT2D eigenvalue weighted by Gasteiger charge is -2.08. The lowest BCUT2D eigenvalue weighted by Crippen LogP contribution is -1.98. The van der Waals surface area contributed by atoms with Crippen molar-refractivity contribution in [2.24, 2.45) is 5.73 Å². The van der Waals surface area contributed by atoms with Gasteiger partial charge in [0, 0.05) is 18.3 Å². The molecule has 5 heteroatoms. The SMILES string of the molecule is Cc1cc(Oc2ccc(CN)cc2Cl)nc(C)n1. The molecule has 0 aliphatic carbocycles. The molecule has 0 atom stereocenters. The number of aryl methyl sites for hydroxylation is 2. The van der Waals surface area contributed by atoms with E-state index in [-0.39, 0.29) is 0 Å². The first-order valence-corrected chi connectivity index (χ1v) is 5.95. The Bertz CT molecular complexity index is 552. The molecule has 0 spiro atoms. The molecule has 0 aliphatic rings. The highest BCUT2D eigenvalue weighted by molar-refractivity contribution is 6.32. The number of rotatable bonds is 3. The van der Waals surface area contributed by atoms with E-state index < -0.39 is 0 Å². The van der Waals surface area contributed by atoms with Gasteiger partial charge in [0.2, 0.25) is 5.88 Å². The van der Waals surface area contributed by atoms with E-state index >= 15 is 0 Å². The number of aromatic nitrogens is 2. The average Bonchev–Trinajstić information content (AvgIpc) is 2.30. The molecule has 0 amide bonds. The molecule has 0 saturated heterocycles. The van der Waals surface area contributed by atoms with Gasteiger partial charge in [0.15, 0.2) is 0 Å². The van der Waals surface area contributed by atoms with Crippen LogP contribution in [0.25, 0.3) is 0 Å². The molecule has 0 unspecified atom stereocenters. The van der Waals surface area contributed by atoms with Crippen LogP contribution < -0.4 is 10.5 Å². The number of nitrogens with two attached hydrogens (primary N) is 1. The van der Waals surface area contributed by atoms with Crippen LogP contribution in [0.5, 0.6) is 11.6 Å². The highest BCUT2D eigenvalue weighted by atomic mass is 35.5. The molecule has 0 saturated carbocycles. The van der Waals surface area contributed by atoms with Gasteiger partial charge in [0.1, 0.15) is 11.6 Å². The fraction of sp³-hybridized carbons (Fsp3) is 0.231. The van der Waals surface area contributed by atoms with Crippen LogP contribution in [-0.2, 0) is 6.54 Å². The van der Waals surface area contributed by atoms with Gasteiger partial charge in [-0.3, -0.25) is 0 Å². The minimum Gasteiger partial charge on any atom is -0.437 e. The van der Waals surface area contributed by atoms with Gasteiger partial charge in [0.05, 0.1) is 5.02 Å². The van der Waals surface area contributed by atoms with Crippen LogP contribution in [0.2, 0.25) is 5.02 Å². The maximum Gasteiger partial charge on any atom is 0.222 e. The maximum atomic E-state index is 6.11.